The third-order valence-electron chi connectivity index (χ3n) is 3.95. The van der Waals surface area contributed by atoms with Gasteiger partial charge in [-0.25, -0.2) is 0 Å². The summed E-state index contributed by atoms with van der Waals surface area (Å²) in [6.45, 7) is 0. The second-order valence-corrected chi connectivity index (χ2v) is 6.12. The summed E-state index contributed by atoms with van der Waals surface area (Å²) in [5.74, 6) is 0. The Morgan fingerprint density at radius 2 is 1.76 bits per heavy atom. The summed E-state index contributed by atoms with van der Waals surface area (Å²) in [4.78, 5) is 0. The van der Waals surface area contributed by atoms with Gasteiger partial charge in [0.15, 0.2) is 0 Å². The molecule has 1 nitrogen and oxygen atoms in total. The number of aliphatic hydroxyl groups is 1. The van der Waals surface area contributed by atoms with Gasteiger partial charge >= 0.3 is 6.18 Å². The molecule has 0 spiro atoms. The van der Waals surface area contributed by atoms with Crippen LogP contribution in [0.15, 0.2) is 46.9 Å². The van der Waals surface area contributed by atoms with Crippen LogP contribution in [0.4, 0.5) is 13.2 Å². The number of fused-ring (bicyclic) bond motifs is 1. The van der Waals surface area contributed by atoms with Gasteiger partial charge in [-0.1, -0.05) is 40.2 Å². The van der Waals surface area contributed by atoms with E-state index < -0.39 is 17.3 Å². The highest BCUT2D eigenvalue weighted by Gasteiger charge is 2.44. The maximum Gasteiger partial charge on any atom is 0.416 e. The molecule has 1 aliphatic carbocycles. The molecule has 0 bridgehead atoms. The highest BCUT2D eigenvalue weighted by Crippen LogP contribution is 2.46. The van der Waals surface area contributed by atoms with E-state index in [1.54, 1.807) is 6.07 Å². The van der Waals surface area contributed by atoms with Gasteiger partial charge < -0.3 is 5.11 Å². The SMILES string of the molecule is OC1(c2ccccc2C(F)(F)F)CCc2ccc(Br)cc21. The summed E-state index contributed by atoms with van der Waals surface area (Å²) >= 11 is 3.31. The van der Waals surface area contributed by atoms with E-state index in [-0.39, 0.29) is 12.0 Å². The van der Waals surface area contributed by atoms with Crippen molar-refractivity contribution in [1.29, 1.82) is 0 Å². The number of hydrogen-bond acceptors (Lipinski definition) is 1. The average Bonchev–Trinajstić information content (AvgIpc) is 2.76. The lowest BCUT2D eigenvalue weighted by atomic mass is 9.84. The van der Waals surface area contributed by atoms with Gasteiger partial charge in [0.05, 0.1) is 5.56 Å². The van der Waals surface area contributed by atoms with Crippen LogP contribution in [0.5, 0.6) is 0 Å². The molecule has 1 N–H and O–H groups in total. The second-order valence-electron chi connectivity index (χ2n) is 5.21. The van der Waals surface area contributed by atoms with E-state index in [0.29, 0.717) is 12.0 Å². The Morgan fingerprint density at radius 1 is 1.05 bits per heavy atom. The summed E-state index contributed by atoms with van der Waals surface area (Å²) in [5.41, 5.74) is -1.01. The Balaban J connectivity index is 2.22. The first kappa shape index (κ1) is 14.6. The van der Waals surface area contributed by atoms with Gasteiger partial charge in [0.1, 0.15) is 5.60 Å². The minimum Gasteiger partial charge on any atom is -0.380 e. The molecule has 1 unspecified atom stereocenters. The third kappa shape index (κ3) is 2.38. The van der Waals surface area contributed by atoms with Gasteiger partial charge in [-0.05, 0) is 42.2 Å². The van der Waals surface area contributed by atoms with E-state index in [1.165, 1.54) is 18.2 Å². The molecular weight excluding hydrogens is 345 g/mol. The molecule has 3 rings (SSSR count). The van der Waals surface area contributed by atoms with Crippen molar-refractivity contribution in [1.82, 2.24) is 0 Å². The largest absolute Gasteiger partial charge is 0.416 e. The van der Waals surface area contributed by atoms with Gasteiger partial charge in [-0.2, -0.15) is 13.2 Å². The van der Waals surface area contributed by atoms with E-state index in [0.717, 1.165) is 16.1 Å². The van der Waals surface area contributed by atoms with Crippen LogP contribution in [-0.4, -0.2) is 5.11 Å². The van der Waals surface area contributed by atoms with Crippen molar-refractivity contribution >= 4 is 15.9 Å². The van der Waals surface area contributed by atoms with Gasteiger partial charge in [-0.15, -0.1) is 0 Å². The van der Waals surface area contributed by atoms with Crippen molar-refractivity contribution in [2.75, 3.05) is 0 Å². The third-order valence-corrected chi connectivity index (χ3v) is 4.44. The van der Waals surface area contributed by atoms with Crippen molar-refractivity contribution in [3.8, 4) is 0 Å². The Kier molecular flexibility index (Phi) is 3.37. The second kappa shape index (κ2) is 4.85. The van der Waals surface area contributed by atoms with E-state index in [2.05, 4.69) is 15.9 Å². The average molecular weight is 357 g/mol. The molecule has 1 aliphatic rings. The van der Waals surface area contributed by atoms with Gasteiger partial charge in [0.25, 0.3) is 0 Å². The van der Waals surface area contributed by atoms with E-state index in [9.17, 15) is 18.3 Å². The zero-order valence-electron chi connectivity index (χ0n) is 10.9. The van der Waals surface area contributed by atoms with Crippen LogP contribution >= 0.6 is 15.9 Å². The maximum absolute atomic E-state index is 13.2. The molecule has 110 valence electrons. The first-order chi connectivity index (χ1) is 9.82. The van der Waals surface area contributed by atoms with Crippen molar-refractivity contribution in [2.45, 2.75) is 24.6 Å². The van der Waals surface area contributed by atoms with Crippen molar-refractivity contribution < 1.29 is 18.3 Å². The lowest BCUT2D eigenvalue weighted by Gasteiger charge is -2.28. The molecule has 0 amide bonds. The van der Waals surface area contributed by atoms with Gasteiger partial charge in [0.2, 0.25) is 0 Å². The minimum atomic E-state index is -4.49. The quantitative estimate of drug-likeness (QED) is 0.788. The normalized spacial score (nSPS) is 21.4. The fraction of sp³-hybridized carbons (Fsp3) is 0.250. The molecule has 0 saturated carbocycles. The van der Waals surface area contributed by atoms with Crippen LogP contribution in [0.1, 0.15) is 28.7 Å². The molecule has 0 fully saturated rings. The first-order valence-corrected chi connectivity index (χ1v) is 7.30. The standard InChI is InChI=1S/C16H12BrF3O/c17-11-6-5-10-7-8-15(21,14(10)9-11)12-3-1-2-4-13(12)16(18,19)20/h1-6,9,21H,7-8H2. The summed E-state index contributed by atoms with van der Waals surface area (Å²) in [6.07, 6.45) is -3.67. The topological polar surface area (TPSA) is 20.2 Å². The van der Waals surface area contributed by atoms with Crippen molar-refractivity contribution in [2.24, 2.45) is 0 Å². The minimum absolute atomic E-state index is 0.0747. The predicted molar refractivity (Wildman–Crippen MR) is 76.9 cm³/mol. The lowest BCUT2D eigenvalue weighted by molar-refractivity contribution is -0.140. The molecule has 21 heavy (non-hydrogen) atoms. The molecule has 0 heterocycles. The molecule has 0 radical (unpaired) electrons. The predicted octanol–water partition coefficient (Wildman–Crippen LogP) is 4.65. The van der Waals surface area contributed by atoms with Gasteiger partial charge in [0, 0.05) is 10.0 Å². The van der Waals surface area contributed by atoms with Crippen LogP contribution in [0.3, 0.4) is 0 Å². The first-order valence-electron chi connectivity index (χ1n) is 6.50. The monoisotopic (exact) mass is 356 g/mol. The van der Waals surface area contributed by atoms with Crippen LogP contribution in [0.25, 0.3) is 0 Å². The van der Waals surface area contributed by atoms with Crippen molar-refractivity contribution in [3.63, 3.8) is 0 Å². The van der Waals surface area contributed by atoms with Crippen LogP contribution in [0, 0.1) is 0 Å². The lowest BCUT2D eigenvalue weighted by Crippen LogP contribution is -2.27. The fourth-order valence-corrected chi connectivity index (χ4v) is 3.33. The zero-order valence-corrected chi connectivity index (χ0v) is 12.5. The molecule has 0 aliphatic heterocycles. The Labute approximate surface area is 128 Å². The van der Waals surface area contributed by atoms with E-state index in [1.807, 2.05) is 12.1 Å². The number of rotatable bonds is 1. The molecule has 1 atom stereocenters. The fourth-order valence-electron chi connectivity index (χ4n) is 2.97. The van der Waals surface area contributed by atoms with Crippen LogP contribution in [0.2, 0.25) is 0 Å². The molecule has 2 aromatic carbocycles. The van der Waals surface area contributed by atoms with Crippen LogP contribution < -0.4 is 0 Å². The Morgan fingerprint density at radius 3 is 2.48 bits per heavy atom. The molecule has 0 saturated heterocycles. The smallest absolute Gasteiger partial charge is 0.380 e. The number of hydrogen-bond donors (Lipinski definition) is 1. The summed E-state index contributed by atoms with van der Waals surface area (Å²) < 4.78 is 40.4. The maximum atomic E-state index is 13.2. The highest BCUT2D eigenvalue weighted by molar-refractivity contribution is 9.10. The molecule has 0 aromatic heterocycles. The summed E-state index contributed by atoms with van der Waals surface area (Å²) in [6, 6.07) is 10.6. The highest BCUT2D eigenvalue weighted by atomic mass is 79.9. The molecule has 2 aromatic rings. The van der Waals surface area contributed by atoms with Gasteiger partial charge in [-0.3, -0.25) is 0 Å². The Hall–Kier alpha value is -1.33. The number of alkyl halides is 3. The number of aryl methyl sites for hydroxylation is 1. The summed E-state index contributed by atoms with van der Waals surface area (Å²) in [5, 5.41) is 11.0. The van der Waals surface area contributed by atoms with Crippen molar-refractivity contribution in [3.05, 3.63) is 69.2 Å². The molecule has 5 heteroatoms. The van der Waals surface area contributed by atoms with E-state index >= 15 is 0 Å². The number of benzene rings is 2. The Bertz CT molecular complexity index is 696. The van der Waals surface area contributed by atoms with E-state index in [4.69, 9.17) is 0 Å². The number of halogens is 4. The molecular formula is C16H12BrF3O. The van der Waals surface area contributed by atoms with Crippen LogP contribution in [-0.2, 0) is 18.2 Å². The zero-order chi connectivity index (χ0) is 15.3. The summed E-state index contributed by atoms with van der Waals surface area (Å²) in [7, 11) is 0.